The van der Waals surface area contributed by atoms with Gasteiger partial charge < -0.3 is 16.3 Å². The van der Waals surface area contributed by atoms with Crippen LogP contribution in [0.4, 0.5) is 5.69 Å². The Hall–Kier alpha value is -1.75. The number of nitrogens with zero attached hydrogens (tertiary/aromatic N) is 1. The molecule has 1 fully saturated rings. The van der Waals surface area contributed by atoms with Gasteiger partial charge in [0, 0.05) is 16.5 Å². The summed E-state index contributed by atoms with van der Waals surface area (Å²) in [6.07, 6.45) is 0. The second-order valence-corrected chi connectivity index (χ2v) is 6.98. The largest absolute Gasteiger partial charge is 0.409 e. The molecule has 1 amide bonds. The van der Waals surface area contributed by atoms with E-state index in [0.717, 1.165) is 0 Å². The summed E-state index contributed by atoms with van der Waals surface area (Å²) in [4.78, 5) is 12.5. The van der Waals surface area contributed by atoms with Crippen molar-refractivity contribution < 1.29 is 10.0 Å². The molecule has 1 aromatic rings. The zero-order valence-corrected chi connectivity index (χ0v) is 13.3. The van der Waals surface area contributed by atoms with Crippen molar-refractivity contribution in [3.63, 3.8) is 0 Å². The van der Waals surface area contributed by atoms with Gasteiger partial charge in [0.2, 0.25) is 5.91 Å². The first-order valence-corrected chi connectivity index (χ1v) is 7.09. The summed E-state index contributed by atoms with van der Waals surface area (Å²) >= 11 is 5.96. The van der Waals surface area contributed by atoms with Crippen LogP contribution in [0.25, 0.3) is 0 Å². The molecular weight excluding hydrogens is 290 g/mol. The van der Waals surface area contributed by atoms with E-state index >= 15 is 0 Å². The Bertz CT molecular complexity index is 609. The molecule has 1 aliphatic carbocycles. The lowest BCUT2D eigenvalue weighted by atomic mass is 10.0. The third kappa shape index (κ3) is 2.46. The Morgan fingerprint density at radius 1 is 1.33 bits per heavy atom. The minimum absolute atomic E-state index is 0.0631. The van der Waals surface area contributed by atoms with Crippen molar-refractivity contribution in [2.45, 2.75) is 27.7 Å². The average Bonchev–Trinajstić information content (AvgIpc) is 2.79. The lowest BCUT2D eigenvalue weighted by molar-refractivity contribution is -0.118. The summed E-state index contributed by atoms with van der Waals surface area (Å²) in [6.45, 7) is 8.28. The average molecular weight is 310 g/mol. The van der Waals surface area contributed by atoms with Gasteiger partial charge in [-0.3, -0.25) is 4.79 Å². The SMILES string of the molecule is CC1(C)C(C(=O)Nc2cc(Cl)ccc2C(N)=NO)C1(C)C. The maximum atomic E-state index is 12.5. The molecule has 2 rings (SSSR count). The predicted molar refractivity (Wildman–Crippen MR) is 83.6 cm³/mol. The van der Waals surface area contributed by atoms with Gasteiger partial charge >= 0.3 is 0 Å². The van der Waals surface area contributed by atoms with Gasteiger partial charge in [0.15, 0.2) is 5.84 Å². The minimum atomic E-state index is -0.0934. The highest BCUT2D eigenvalue weighted by atomic mass is 35.5. The highest BCUT2D eigenvalue weighted by Crippen LogP contribution is 2.68. The number of nitrogens with two attached hydrogens (primary N) is 1. The van der Waals surface area contributed by atoms with Gasteiger partial charge in [-0.05, 0) is 29.0 Å². The minimum Gasteiger partial charge on any atom is -0.409 e. The number of halogens is 1. The summed E-state index contributed by atoms with van der Waals surface area (Å²) in [5.41, 5.74) is 6.38. The van der Waals surface area contributed by atoms with Crippen LogP contribution < -0.4 is 11.1 Å². The van der Waals surface area contributed by atoms with Gasteiger partial charge in [-0.2, -0.15) is 0 Å². The Kier molecular flexibility index (Phi) is 3.66. The summed E-state index contributed by atoms with van der Waals surface area (Å²) in [6, 6.07) is 4.82. The maximum Gasteiger partial charge on any atom is 0.228 e. The fourth-order valence-electron chi connectivity index (χ4n) is 2.95. The van der Waals surface area contributed by atoms with E-state index in [0.29, 0.717) is 16.3 Å². The van der Waals surface area contributed by atoms with Crippen LogP contribution in [0.1, 0.15) is 33.3 Å². The Balaban J connectivity index is 2.29. The number of nitrogens with one attached hydrogen (secondary N) is 1. The number of oxime groups is 1. The molecule has 0 atom stereocenters. The summed E-state index contributed by atoms with van der Waals surface area (Å²) in [7, 11) is 0. The lowest BCUT2D eigenvalue weighted by Crippen LogP contribution is -2.22. The van der Waals surface area contributed by atoms with E-state index in [2.05, 4.69) is 38.2 Å². The number of hydrogen-bond acceptors (Lipinski definition) is 3. The van der Waals surface area contributed by atoms with Crippen LogP contribution in [0.15, 0.2) is 23.4 Å². The highest BCUT2D eigenvalue weighted by Gasteiger charge is 2.68. The van der Waals surface area contributed by atoms with Crippen molar-refractivity contribution in [2.24, 2.45) is 27.6 Å². The van der Waals surface area contributed by atoms with Gasteiger partial charge in [0.1, 0.15) is 0 Å². The molecule has 114 valence electrons. The molecule has 0 saturated heterocycles. The molecule has 5 nitrogen and oxygen atoms in total. The number of benzene rings is 1. The van der Waals surface area contributed by atoms with Crippen molar-refractivity contribution in [3.8, 4) is 0 Å². The fourth-order valence-corrected chi connectivity index (χ4v) is 3.13. The quantitative estimate of drug-likeness (QED) is 0.347. The van der Waals surface area contributed by atoms with E-state index in [1.807, 2.05) is 0 Å². The van der Waals surface area contributed by atoms with E-state index in [-0.39, 0.29) is 28.5 Å². The summed E-state index contributed by atoms with van der Waals surface area (Å²) in [5.74, 6) is -0.250. The molecule has 1 aromatic carbocycles. The molecule has 4 N–H and O–H groups in total. The van der Waals surface area contributed by atoms with Crippen LogP contribution in [-0.4, -0.2) is 17.0 Å². The molecule has 0 radical (unpaired) electrons. The van der Waals surface area contributed by atoms with Crippen molar-refractivity contribution in [2.75, 3.05) is 5.32 Å². The zero-order chi connectivity index (χ0) is 16.0. The van der Waals surface area contributed by atoms with E-state index in [1.54, 1.807) is 18.2 Å². The fraction of sp³-hybridized carbons (Fsp3) is 0.467. The number of amides is 1. The number of anilines is 1. The lowest BCUT2D eigenvalue weighted by Gasteiger charge is -2.11. The number of hydrogen-bond donors (Lipinski definition) is 3. The number of carbonyl (C=O) groups is 1. The van der Waals surface area contributed by atoms with Gasteiger partial charge in [0.25, 0.3) is 0 Å². The van der Waals surface area contributed by atoms with Crippen LogP contribution in [0, 0.1) is 16.7 Å². The molecule has 0 aliphatic heterocycles. The molecule has 0 bridgehead atoms. The zero-order valence-electron chi connectivity index (χ0n) is 12.6. The standard InChI is InChI=1S/C15H20ClN3O2/c1-14(2)11(15(14,3)4)13(20)18-10-7-8(16)5-6-9(10)12(17)19-21/h5-7,11,21H,1-4H3,(H2,17,19)(H,18,20). The monoisotopic (exact) mass is 309 g/mol. The summed E-state index contributed by atoms with van der Waals surface area (Å²) < 4.78 is 0. The van der Waals surface area contributed by atoms with Crippen molar-refractivity contribution in [1.29, 1.82) is 0 Å². The van der Waals surface area contributed by atoms with Gasteiger partial charge in [-0.1, -0.05) is 44.5 Å². The first-order valence-electron chi connectivity index (χ1n) is 6.71. The molecule has 21 heavy (non-hydrogen) atoms. The molecule has 6 heteroatoms. The summed E-state index contributed by atoms with van der Waals surface area (Å²) in [5, 5.41) is 15.1. The second kappa shape index (κ2) is 4.91. The third-order valence-electron chi connectivity index (χ3n) is 4.91. The van der Waals surface area contributed by atoms with Crippen molar-refractivity contribution in [1.82, 2.24) is 0 Å². The Morgan fingerprint density at radius 2 is 1.90 bits per heavy atom. The second-order valence-electron chi connectivity index (χ2n) is 6.54. The maximum absolute atomic E-state index is 12.5. The molecule has 1 aliphatic rings. The topological polar surface area (TPSA) is 87.7 Å². The van der Waals surface area contributed by atoms with Crippen LogP contribution in [0.3, 0.4) is 0 Å². The van der Waals surface area contributed by atoms with E-state index in [9.17, 15) is 4.79 Å². The molecule has 0 aromatic heterocycles. The normalized spacial score (nSPS) is 20.1. The van der Waals surface area contributed by atoms with Crippen molar-refractivity contribution >= 4 is 29.0 Å². The van der Waals surface area contributed by atoms with E-state index in [4.69, 9.17) is 22.5 Å². The van der Waals surface area contributed by atoms with Gasteiger partial charge in [-0.25, -0.2) is 0 Å². The highest BCUT2D eigenvalue weighted by molar-refractivity contribution is 6.31. The van der Waals surface area contributed by atoms with E-state index in [1.165, 1.54) is 0 Å². The van der Waals surface area contributed by atoms with Crippen LogP contribution in [0.2, 0.25) is 5.02 Å². The predicted octanol–water partition coefficient (Wildman–Crippen LogP) is 3.06. The molecule has 0 heterocycles. The van der Waals surface area contributed by atoms with Gasteiger partial charge in [-0.15, -0.1) is 0 Å². The van der Waals surface area contributed by atoms with Crippen LogP contribution >= 0.6 is 11.6 Å². The molecule has 0 unspecified atom stereocenters. The van der Waals surface area contributed by atoms with Gasteiger partial charge in [0.05, 0.1) is 5.69 Å². The van der Waals surface area contributed by atoms with E-state index < -0.39 is 0 Å². The van der Waals surface area contributed by atoms with Crippen LogP contribution in [0.5, 0.6) is 0 Å². The third-order valence-corrected chi connectivity index (χ3v) is 5.14. The smallest absolute Gasteiger partial charge is 0.228 e. The molecular formula is C15H20ClN3O2. The first kappa shape index (κ1) is 15.6. The molecule has 1 saturated carbocycles. The number of rotatable bonds is 3. The molecule has 0 spiro atoms. The Morgan fingerprint density at radius 3 is 2.38 bits per heavy atom. The van der Waals surface area contributed by atoms with Crippen molar-refractivity contribution in [3.05, 3.63) is 28.8 Å². The first-order chi connectivity index (χ1) is 9.62. The Labute approximate surface area is 129 Å². The van der Waals surface area contributed by atoms with Crippen LogP contribution in [-0.2, 0) is 4.79 Å². The number of carbonyl (C=O) groups excluding carboxylic acids is 1. The number of amidine groups is 1.